The van der Waals surface area contributed by atoms with Crippen molar-refractivity contribution in [2.24, 2.45) is 4.99 Å². The lowest BCUT2D eigenvalue weighted by Gasteiger charge is -2.16. The Labute approximate surface area is 198 Å². The first kappa shape index (κ1) is 25.5. The van der Waals surface area contributed by atoms with E-state index >= 15 is 0 Å². The van der Waals surface area contributed by atoms with E-state index in [0.717, 1.165) is 5.56 Å². The second-order valence-corrected chi connectivity index (χ2v) is 6.94. The summed E-state index contributed by atoms with van der Waals surface area (Å²) in [5, 5.41) is 20.2. The van der Waals surface area contributed by atoms with Crippen molar-refractivity contribution in [1.29, 1.82) is 0 Å². The third kappa shape index (κ3) is 8.38. The van der Waals surface area contributed by atoms with Gasteiger partial charge in [0.2, 0.25) is 0 Å². The maximum Gasteiger partial charge on any atom is 0.251 e. The molecule has 0 radical (unpaired) electrons. The number of benzene rings is 2. The highest BCUT2D eigenvalue weighted by Crippen LogP contribution is 2.23. The van der Waals surface area contributed by atoms with Crippen LogP contribution in [0.15, 0.2) is 47.5 Å². The lowest BCUT2D eigenvalue weighted by Crippen LogP contribution is -2.39. The van der Waals surface area contributed by atoms with E-state index in [1.54, 1.807) is 37.4 Å². The zero-order valence-corrected chi connectivity index (χ0v) is 20.0. The molecule has 0 spiro atoms. The summed E-state index contributed by atoms with van der Waals surface area (Å²) in [5.41, 5.74) is 2.20. The molecule has 1 atom stereocenters. The van der Waals surface area contributed by atoms with Gasteiger partial charge < -0.3 is 21.1 Å². The van der Waals surface area contributed by atoms with Gasteiger partial charge in [-0.3, -0.25) is 4.79 Å². The van der Waals surface area contributed by atoms with E-state index < -0.39 is 6.10 Å². The molecule has 2 rings (SSSR count). The normalized spacial score (nSPS) is 12.0. The summed E-state index contributed by atoms with van der Waals surface area (Å²) in [7, 11) is 1.60. The van der Waals surface area contributed by atoms with Gasteiger partial charge in [-0.25, -0.2) is 4.99 Å². The fraction of sp³-hybridized carbons (Fsp3) is 0.300. The zero-order valence-electron chi connectivity index (χ0n) is 16.2. The molecule has 2 aromatic rings. The van der Waals surface area contributed by atoms with Gasteiger partial charge in [0.1, 0.15) is 0 Å². The second kappa shape index (κ2) is 12.9. The Morgan fingerprint density at radius 2 is 1.72 bits per heavy atom. The molecule has 29 heavy (non-hydrogen) atoms. The highest BCUT2D eigenvalue weighted by Gasteiger charge is 2.10. The number of amides is 1. The number of halogens is 3. The summed E-state index contributed by atoms with van der Waals surface area (Å²) >= 11 is 12.0. The van der Waals surface area contributed by atoms with Crippen LogP contribution in [-0.4, -0.2) is 37.1 Å². The minimum absolute atomic E-state index is 0. The van der Waals surface area contributed by atoms with Gasteiger partial charge in [-0.1, -0.05) is 35.3 Å². The zero-order chi connectivity index (χ0) is 20.5. The van der Waals surface area contributed by atoms with Crippen molar-refractivity contribution in [3.05, 3.63) is 69.2 Å². The Morgan fingerprint density at radius 1 is 1.10 bits per heavy atom. The molecule has 0 aromatic heterocycles. The monoisotopic (exact) mass is 550 g/mol. The molecule has 0 heterocycles. The number of rotatable bonds is 7. The number of carbonyl (C=O) groups is 1. The van der Waals surface area contributed by atoms with E-state index in [1.165, 1.54) is 0 Å². The molecule has 1 amide bonds. The van der Waals surface area contributed by atoms with E-state index in [2.05, 4.69) is 20.9 Å². The summed E-state index contributed by atoms with van der Waals surface area (Å²) in [4.78, 5) is 16.1. The number of hydrogen-bond donors (Lipinski definition) is 4. The Hall–Kier alpha value is -1.55. The molecule has 158 valence electrons. The predicted molar refractivity (Wildman–Crippen MR) is 129 cm³/mol. The lowest BCUT2D eigenvalue weighted by atomic mass is 10.1. The van der Waals surface area contributed by atoms with Crippen LogP contribution in [0.5, 0.6) is 0 Å². The van der Waals surface area contributed by atoms with Gasteiger partial charge in [0.05, 0.1) is 12.6 Å². The number of aliphatic imine (C=N–C) groups is 1. The average Bonchev–Trinajstić information content (AvgIpc) is 2.68. The van der Waals surface area contributed by atoms with Crippen molar-refractivity contribution in [2.75, 3.05) is 20.1 Å². The first-order chi connectivity index (χ1) is 13.4. The molecule has 0 bridgehead atoms. The number of hydrogen-bond acceptors (Lipinski definition) is 3. The quantitative estimate of drug-likeness (QED) is 0.240. The van der Waals surface area contributed by atoms with Gasteiger partial charge in [-0.15, -0.1) is 24.0 Å². The topological polar surface area (TPSA) is 85.8 Å². The van der Waals surface area contributed by atoms with Gasteiger partial charge in [0.25, 0.3) is 5.91 Å². The highest BCUT2D eigenvalue weighted by molar-refractivity contribution is 14.0. The van der Waals surface area contributed by atoms with Gasteiger partial charge in [-0.2, -0.15) is 0 Å². The minimum Gasteiger partial charge on any atom is -0.387 e. The van der Waals surface area contributed by atoms with Gasteiger partial charge in [0, 0.05) is 35.7 Å². The van der Waals surface area contributed by atoms with Crippen molar-refractivity contribution in [1.82, 2.24) is 16.0 Å². The van der Waals surface area contributed by atoms with Crippen molar-refractivity contribution >= 4 is 59.0 Å². The molecule has 0 fully saturated rings. The molecule has 0 saturated heterocycles. The highest BCUT2D eigenvalue weighted by atomic mass is 127. The molecule has 0 saturated carbocycles. The third-order valence-corrected chi connectivity index (χ3v) is 4.38. The van der Waals surface area contributed by atoms with Crippen LogP contribution in [0, 0.1) is 0 Å². The molecule has 6 nitrogen and oxygen atoms in total. The van der Waals surface area contributed by atoms with Crippen LogP contribution >= 0.6 is 47.2 Å². The van der Waals surface area contributed by atoms with Crippen molar-refractivity contribution in [2.45, 2.75) is 19.6 Å². The number of nitrogens with one attached hydrogen (secondary N) is 3. The second-order valence-electron chi connectivity index (χ2n) is 6.07. The summed E-state index contributed by atoms with van der Waals surface area (Å²) in [6.07, 6.45) is -0.785. The largest absolute Gasteiger partial charge is 0.387 e. The number of nitrogens with zero attached hydrogens (tertiary/aromatic N) is 1. The molecule has 9 heteroatoms. The Morgan fingerprint density at radius 3 is 2.28 bits per heavy atom. The molecule has 1 unspecified atom stereocenters. The number of carbonyl (C=O) groups excluding carboxylic acids is 1. The van der Waals surface area contributed by atoms with Crippen molar-refractivity contribution < 1.29 is 9.90 Å². The maximum absolute atomic E-state index is 11.6. The van der Waals surface area contributed by atoms with Crippen LogP contribution in [0.1, 0.15) is 34.5 Å². The number of guanidine groups is 1. The van der Waals surface area contributed by atoms with Gasteiger partial charge in [0.15, 0.2) is 5.96 Å². The van der Waals surface area contributed by atoms with E-state index in [0.29, 0.717) is 40.2 Å². The predicted octanol–water partition coefficient (Wildman–Crippen LogP) is 3.76. The van der Waals surface area contributed by atoms with Gasteiger partial charge in [-0.05, 0) is 48.4 Å². The Balaban J connectivity index is 0.00000420. The SMILES string of the molecule is CCNC(=NCc1ccc(C(=O)NC)cc1)NCC(O)c1cc(Cl)cc(Cl)c1.I. The van der Waals surface area contributed by atoms with E-state index in [-0.39, 0.29) is 36.4 Å². The first-order valence-electron chi connectivity index (χ1n) is 8.90. The van der Waals surface area contributed by atoms with Crippen LogP contribution in [0.2, 0.25) is 10.0 Å². The molecular formula is C20H25Cl2IN4O2. The Bertz CT molecular complexity index is 811. The van der Waals surface area contributed by atoms with E-state index in [1.807, 2.05) is 19.1 Å². The number of aliphatic hydroxyl groups is 1. The third-order valence-electron chi connectivity index (χ3n) is 3.94. The summed E-state index contributed by atoms with van der Waals surface area (Å²) in [5.74, 6) is 0.449. The van der Waals surface area contributed by atoms with Crippen LogP contribution in [0.25, 0.3) is 0 Å². The summed E-state index contributed by atoms with van der Waals surface area (Å²) in [6, 6.07) is 12.2. The summed E-state index contributed by atoms with van der Waals surface area (Å²) < 4.78 is 0. The van der Waals surface area contributed by atoms with Crippen molar-refractivity contribution in [3.8, 4) is 0 Å². The minimum atomic E-state index is -0.785. The molecule has 2 aromatic carbocycles. The van der Waals surface area contributed by atoms with E-state index in [9.17, 15) is 9.90 Å². The smallest absolute Gasteiger partial charge is 0.251 e. The summed E-state index contributed by atoms with van der Waals surface area (Å²) in [6.45, 7) is 3.32. The number of aliphatic hydroxyl groups excluding tert-OH is 1. The Kier molecular flexibility index (Phi) is 11.3. The fourth-order valence-corrected chi connectivity index (χ4v) is 3.04. The van der Waals surface area contributed by atoms with Crippen LogP contribution in [0.3, 0.4) is 0 Å². The standard InChI is InChI=1S/C20H24Cl2N4O2.HI/c1-3-24-20(25-11-13-4-6-14(7-5-13)19(28)23-2)26-12-18(27)15-8-16(21)10-17(22)9-15;/h4-10,18,27H,3,11-12H2,1-2H3,(H,23,28)(H2,24,25,26);1H. The van der Waals surface area contributed by atoms with Crippen LogP contribution < -0.4 is 16.0 Å². The lowest BCUT2D eigenvalue weighted by molar-refractivity contribution is 0.0963. The molecule has 0 aliphatic rings. The molecule has 0 aliphatic heterocycles. The maximum atomic E-state index is 11.6. The average molecular weight is 551 g/mol. The molecular weight excluding hydrogens is 526 g/mol. The van der Waals surface area contributed by atoms with Crippen LogP contribution in [0.4, 0.5) is 0 Å². The van der Waals surface area contributed by atoms with E-state index in [4.69, 9.17) is 23.2 Å². The van der Waals surface area contributed by atoms with Crippen molar-refractivity contribution in [3.63, 3.8) is 0 Å². The first-order valence-corrected chi connectivity index (χ1v) is 9.65. The molecule has 4 N–H and O–H groups in total. The fourth-order valence-electron chi connectivity index (χ4n) is 2.50. The van der Waals surface area contributed by atoms with Gasteiger partial charge >= 0.3 is 0 Å². The van der Waals surface area contributed by atoms with Crippen LogP contribution in [-0.2, 0) is 6.54 Å². The molecule has 0 aliphatic carbocycles.